The van der Waals surface area contributed by atoms with E-state index in [0.717, 1.165) is 64.6 Å². The Morgan fingerprint density at radius 1 is 1.33 bits per heavy atom. The number of likely N-dealkylation sites (N-methyl/N-ethyl adjacent to an activating group) is 1. The van der Waals surface area contributed by atoms with Crippen LogP contribution in [0.2, 0.25) is 0 Å². The summed E-state index contributed by atoms with van der Waals surface area (Å²) >= 11 is 0. The molecule has 0 aliphatic carbocycles. The van der Waals surface area contributed by atoms with Gasteiger partial charge in [-0.3, -0.25) is 9.79 Å². The highest BCUT2D eigenvalue weighted by Crippen LogP contribution is 2.18. The van der Waals surface area contributed by atoms with Crippen molar-refractivity contribution in [2.24, 2.45) is 10.9 Å². The third kappa shape index (κ3) is 7.49. The first-order valence-electron chi connectivity index (χ1n) is 8.92. The number of carbonyl (C=O) groups is 1. The fraction of sp³-hybridized carbons (Fsp3) is 0.882. The van der Waals surface area contributed by atoms with Crippen molar-refractivity contribution in [1.29, 1.82) is 0 Å². The fourth-order valence-electron chi connectivity index (χ4n) is 2.83. The number of piperidine rings is 1. The molecule has 1 saturated heterocycles. The Labute approximate surface area is 146 Å². The second kappa shape index (κ2) is 12.1. The van der Waals surface area contributed by atoms with E-state index < -0.39 is 0 Å². The minimum absolute atomic E-state index is 0.0359. The second-order valence-electron chi connectivity index (χ2n) is 6.14. The molecule has 1 aliphatic heterocycles. The smallest absolute Gasteiger partial charge is 0.309 e. The van der Waals surface area contributed by atoms with E-state index >= 15 is 0 Å². The van der Waals surface area contributed by atoms with Gasteiger partial charge in [0.1, 0.15) is 0 Å². The van der Waals surface area contributed by atoms with E-state index in [1.807, 2.05) is 14.0 Å². The molecular formula is C17H34N4O3. The van der Waals surface area contributed by atoms with Crippen molar-refractivity contribution in [3.05, 3.63) is 0 Å². The fourth-order valence-corrected chi connectivity index (χ4v) is 2.83. The van der Waals surface area contributed by atoms with Crippen LogP contribution in [0.3, 0.4) is 0 Å². The van der Waals surface area contributed by atoms with Gasteiger partial charge in [0.05, 0.1) is 19.1 Å². The molecule has 7 heteroatoms. The number of nitrogens with zero attached hydrogens (tertiary/aromatic N) is 3. The third-order valence-electron chi connectivity index (χ3n) is 4.30. The van der Waals surface area contributed by atoms with Crippen molar-refractivity contribution in [3.63, 3.8) is 0 Å². The Morgan fingerprint density at radius 2 is 2.04 bits per heavy atom. The van der Waals surface area contributed by atoms with Gasteiger partial charge in [-0.2, -0.15) is 0 Å². The van der Waals surface area contributed by atoms with Crippen LogP contribution >= 0.6 is 0 Å². The summed E-state index contributed by atoms with van der Waals surface area (Å²) in [4.78, 5) is 20.6. The summed E-state index contributed by atoms with van der Waals surface area (Å²) in [5, 5.41) is 3.42. The zero-order chi connectivity index (χ0) is 17.8. The van der Waals surface area contributed by atoms with Crippen molar-refractivity contribution in [2.75, 3.05) is 67.1 Å². The lowest BCUT2D eigenvalue weighted by Crippen LogP contribution is -2.47. The number of ether oxygens (including phenoxy) is 2. The molecule has 0 bridgehead atoms. The number of hydrogen-bond acceptors (Lipinski definition) is 5. The van der Waals surface area contributed by atoms with E-state index in [1.54, 1.807) is 7.11 Å². The van der Waals surface area contributed by atoms with E-state index in [-0.39, 0.29) is 11.9 Å². The number of aliphatic imine (C=N–C) groups is 1. The van der Waals surface area contributed by atoms with Crippen molar-refractivity contribution >= 4 is 11.9 Å². The molecule has 0 saturated carbocycles. The van der Waals surface area contributed by atoms with E-state index in [1.165, 1.54) is 0 Å². The van der Waals surface area contributed by atoms with Crippen LogP contribution in [-0.4, -0.2) is 88.9 Å². The maximum absolute atomic E-state index is 11.8. The molecule has 0 spiro atoms. The van der Waals surface area contributed by atoms with Gasteiger partial charge in [-0.15, -0.1) is 0 Å². The maximum Gasteiger partial charge on any atom is 0.309 e. The SMILES string of the molecule is CCOC(=O)C1CCN(C(=NC)NCCCN(C)CCOC)CC1. The molecule has 0 aromatic carbocycles. The van der Waals surface area contributed by atoms with E-state index in [2.05, 4.69) is 27.2 Å². The minimum Gasteiger partial charge on any atom is -0.466 e. The van der Waals surface area contributed by atoms with Crippen molar-refractivity contribution < 1.29 is 14.3 Å². The van der Waals surface area contributed by atoms with Crippen molar-refractivity contribution in [3.8, 4) is 0 Å². The molecule has 7 nitrogen and oxygen atoms in total. The molecule has 1 aliphatic rings. The number of hydrogen-bond donors (Lipinski definition) is 1. The zero-order valence-corrected chi connectivity index (χ0v) is 15.7. The van der Waals surface area contributed by atoms with Crippen LogP contribution < -0.4 is 5.32 Å². The van der Waals surface area contributed by atoms with Gasteiger partial charge in [-0.25, -0.2) is 0 Å². The van der Waals surface area contributed by atoms with Gasteiger partial charge >= 0.3 is 5.97 Å². The lowest BCUT2D eigenvalue weighted by Gasteiger charge is -2.33. The van der Waals surface area contributed by atoms with Crippen LogP contribution in [0.15, 0.2) is 4.99 Å². The molecule has 1 heterocycles. The molecule has 140 valence electrons. The van der Waals surface area contributed by atoms with Gasteiger partial charge < -0.3 is 24.6 Å². The van der Waals surface area contributed by atoms with Crippen molar-refractivity contribution in [2.45, 2.75) is 26.2 Å². The highest BCUT2D eigenvalue weighted by Gasteiger charge is 2.27. The van der Waals surface area contributed by atoms with Gasteiger partial charge in [0, 0.05) is 40.3 Å². The van der Waals surface area contributed by atoms with Gasteiger partial charge in [0.2, 0.25) is 0 Å². The first kappa shape index (κ1) is 20.7. The molecule has 1 N–H and O–H groups in total. The molecule has 1 fully saturated rings. The summed E-state index contributed by atoms with van der Waals surface area (Å²) in [6.45, 7) is 7.63. The third-order valence-corrected chi connectivity index (χ3v) is 4.30. The Hall–Kier alpha value is -1.34. The number of carbonyl (C=O) groups excluding carboxylic acids is 1. The molecule has 0 amide bonds. The van der Waals surface area contributed by atoms with Crippen LogP contribution in [-0.2, 0) is 14.3 Å². The molecule has 24 heavy (non-hydrogen) atoms. The molecule has 0 aromatic heterocycles. The summed E-state index contributed by atoms with van der Waals surface area (Å²) in [6.07, 6.45) is 2.72. The highest BCUT2D eigenvalue weighted by molar-refractivity contribution is 5.80. The van der Waals surface area contributed by atoms with Crippen LogP contribution in [0.5, 0.6) is 0 Å². The standard InChI is InChI=1S/C17H34N4O3/c1-5-24-16(22)15-7-11-21(12-8-15)17(18-2)19-9-6-10-20(3)13-14-23-4/h15H,5-14H2,1-4H3,(H,18,19). The minimum atomic E-state index is -0.0563. The summed E-state index contributed by atoms with van der Waals surface area (Å²) in [5.41, 5.74) is 0. The molecule has 0 unspecified atom stereocenters. The molecule has 0 radical (unpaired) electrons. The Kier molecular flexibility index (Phi) is 10.4. The summed E-state index contributed by atoms with van der Waals surface area (Å²) in [5.74, 6) is 0.907. The maximum atomic E-state index is 11.8. The number of nitrogens with one attached hydrogen (secondary N) is 1. The first-order valence-corrected chi connectivity index (χ1v) is 8.92. The Bertz CT molecular complexity index is 382. The number of methoxy groups -OCH3 is 1. The van der Waals surface area contributed by atoms with Gasteiger partial charge in [0.15, 0.2) is 5.96 Å². The van der Waals surface area contributed by atoms with Gasteiger partial charge in [-0.1, -0.05) is 0 Å². The van der Waals surface area contributed by atoms with Crippen LogP contribution in [0.1, 0.15) is 26.2 Å². The first-order chi connectivity index (χ1) is 11.6. The highest BCUT2D eigenvalue weighted by atomic mass is 16.5. The van der Waals surface area contributed by atoms with E-state index in [0.29, 0.717) is 6.61 Å². The van der Waals surface area contributed by atoms with Crippen LogP contribution in [0.4, 0.5) is 0 Å². The predicted molar refractivity (Wildman–Crippen MR) is 96.3 cm³/mol. The molecular weight excluding hydrogens is 308 g/mol. The number of esters is 1. The Morgan fingerprint density at radius 3 is 2.62 bits per heavy atom. The van der Waals surface area contributed by atoms with Crippen LogP contribution in [0, 0.1) is 5.92 Å². The monoisotopic (exact) mass is 342 g/mol. The lowest BCUT2D eigenvalue weighted by molar-refractivity contribution is -0.149. The second-order valence-corrected chi connectivity index (χ2v) is 6.14. The largest absolute Gasteiger partial charge is 0.466 e. The Balaban J connectivity index is 2.24. The summed E-state index contributed by atoms with van der Waals surface area (Å²) < 4.78 is 10.2. The predicted octanol–water partition coefficient (Wildman–Crippen LogP) is 0.805. The van der Waals surface area contributed by atoms with E-state index in [9.17, 15) is 4.79 Å². The summed E-state index contributed by atoms with van der Waals surface area (Å²) in [7, 11) is 5.64. The zero-order valence-electron chi connectivity index (χ0n) is 15.7. The average Bonchev–Trinajstić information content (AvgIpc) is 2.60. The van der Waals surface area contributed by atoms with Gasteiger partial charge in [-0.05, 0) is 39.8 Å². The topological polar surface area (TPSA) is 66.4 Å². The van der Waals surface area contributed by atoms with Gasteiger partial charge in [0.25, 0.3) is 0 Å². The molecule has 1 rings (SSSR count). The molecule has 0 atom stereocenters. The van der Waals surface area contributed by atoms with Crippen LogP contribution in [0.25, 0.3) is 0 Å². The quantitative estimate of drug-likeness (QED) is 0.289. The average molecular weight is 342 g/mol. The number of likely N-dealkylation sites (tertiary alicyclic amines) is 1. The van der Waals surface area contributed by atoms with Crippen molar-refractivity contribution in [1.82, 2.24) is 15.1 Å². The summed E-state index contributed by atoms with van der Waals surface area (Å²) in [6, 6.07) is 0. The molecule has 0 aromatic rings. The van der Waals surface area contributed by atoms with E-state index in [4.69, 9.17) is 9.47 Å². The lowest BCUT2D eigenvalue weighted by atomic mass is 9.97. The normalized spacial score (nSPS) is 16.5. The number of guanidine groups is 1. The number of rotatable bonds is 9.